The number of hydrogen-bond acceptors (Lipinski definition) is 2. The molecule has 0 bridgehead atoms. The van der Waals surface area contributed by atoms with Crippen molar-refractivity contribution in [1.29, 1.82) is 0 Å². The van der Waals surface area contributed by atoms with E-state index in [1.807, 2.05) is 0 Å². The molecule has 3 atom stereocenters. The third-order valence-corrected chi connectivity index (χ3v) is 5.51. The molecule has 2 nitrogen and oxygen atoms in total. The zero-order valence-corrected chi connectivity index (χ0v) is 13.2. The van der Waals surface area contributed by atoms with Crippen LogP contribution >= 0.6 is 0 Å². The van der Waals surface area contributed by atoms with Crippen molar-refractivity contribution in [3.05, 3.63) is 29.3 Å². The number of fused-ring (bicyclic) bond motifs is 3. The summed E-state index contributed by atoms with van der Waals surface area (Å²) in [7, 11) is 1.76. The summed E-state index contributed by atoms with van der Waals surface area (Å²) in [6.45, 7) is 8.24. The Morgan fingerprint density at radius 2 is 2.15 bits per heavy atom. The van der Waals surface area contributed by atoms with Gasteiger partial charge in [0.1, 0.15) is 5.75 Å². The third-order valence-electron chi connectivity index (χ3n) is 5.51. The molecule has 0 radical (unpaired) electrons. The molecule has 0 saturated heterocycles. The van der Waals surface area contributed by atoms with Crippen molar-refractivity contribution in [2.75, 3.05) is 13.7 Å². The second-order valence-electron chi connectivity index (χ2n) is 7.00. The first-order valence-electron chi connectivity index (χ1n) is 7.99. The van der Waals surface area contributed by atoms with Crippen LogP contribution in [0.3, 0.4) is 0 Å². The van der Waals surface area contributed by atoms with Gasteiger partial charge in [0.25, 0.3) is 0 Å². The average molecular weight is 273 g/mol. The highest BCUT2D eigenvalue weighted by Crippen LogP contribution is 2.61. The first-order chi connectivity index (χ1) is 9.59. The number of rotatable bonds is 4. The number of hydrogen-bond donors (Lipinski definition) is 1. The predicted molar refractivity (Wildman–Crippen MR) is 83.4 cm³/mol. The molecule has 20 heavy (non-hydrogen) atoms. The molecule has 0 amide bonds. The van der Waals surface area contributed by atoms with Crippen molar-refractivity contribution in [3.63, 3.8) is 0 Å². The molecule has 0 spiro atoms. The van der Waals surface area contributed by atoms with Crippen molar-refractivity contribution < 1.29 is 4.74 Å². The molecule has 0 aliphatic heterocycles. The first-order valence-corrected chi connectivity index (χ1v) is 7.99. The molecule has 2 aliphatic carbocycles. The van der Waals surface area contributed by atoms with Crippen LogP contribution in [0.25, 0.3) is 0 Å². The molecule has 1 N–H and O–H groups in total. The minimum absolute atomic E-state index is 0.349. The van der Waals surface area contributed by atoms with Gasteiger partial charge in [-0.05, 0) is 66.3 Å². The Balaban J connectivity index is 1.90. The van der Waals surface area contributed by atoms with E-state index in [1.54, 1.807) is 12.7 Å². The Bertz CT molecular complexity index is 494. The number of benzene rings is 1. The smallest absolute Gasteiger partial charge is 0.119 e. The molecule has 0 aromatic heterocycles. The van der Waals surface area contributed by atoms with Crippen LogP contribution in [0.4, 0.5) is 0 Å². The highest BCUT2D eigenvalue weighted by atomic mass is 16.5. The van der Waals surface area contributed by atoms with Crippen LogP contribution in [0.5, 0.6) is 5.75 Å². The fourth-order valence-corrected chi connectivity index (χ4v) is 4.59. The van der Waals surface area contributed by atoms with Crippen molar-refractivity contribution in [3.8, 4) is 5.75 Å². The second-order valence-corrected chi connectivity index (χ2v) is 7.00. The summed E-state index contributed by atoms with van der Waals surface area (Å²) >= 11 is 0. The van der Waals surface area contributed by atoms with Gasteiger partial charge >= 0.3 is 0 Å². The Morgan fingerprint density at radius 3 is 2.85 bits per heavy atom. The Labute approximate surface area is 122 Å². The first kappa shape index (κ1) is 13.9. The van der Waals surface area contributed by atoms with E-state index in [-0.39, 0.29) is 0 Å². The molecule has 1 aromatic rings. The van der Waals surface area contributed by atoms with E-state index < -0.39 is 0 Å². The van der Waals surface area contributed by atoms with Gasteiger partial charge in [-0.25, -0.2) is 0 Å². The summed E-state index contributed by atoms with van der Waals surface area (Å²) in [6.07, 6.45) is 3.77. The van der Waals surface area contributed by atoms with Crippen LogP contribution in [0.1, 0.15) is 50.7 Å². The van der Waals surface area contributed by atoms with Gasteiger partial charge in [0.2, 0.25) is 0 Å². The van der Waals surface area contributed by atoms with E-state index in [9.17, 15) is 0 Å². The monoisotopic (exact) mass is 273 g/mol. The molecule has 1 saturated carbocycles. The number of nitrogens with one attached hydrogen (secondary N) is 1. The van der Waals surface area contributed by atoms with Crippen molar-refractivity contribution in [2.24, 2.45) is 11.3 Å². The van der Waals surface area contributed by atoms with E-state index in [0.29, 0.717) is 17.4 Å². The predicted octanol–water partition coefficient (Wildman–Crippen LogP) is 3.75. The van der Waals surface area contributed by atoms with Gasteiger partial charge in [-0.1, -0.05) is 26.8 Å². The molecule has 0 heterocycles. The fraction of sp³-hybridized carbons (Fsp3) is 0.667. The second kappa shape index (κ2) is 5.07. The fourth-order valence-electron chi connectivity index (χ4n) is 4.59. The number of methoxy groups -OCH3 is 1. The lowest BCUT2D eigenvalue weighted by atomic mass is 9.46. The van der Waals surface area contributed by atoms with Crippen molar-refractivity contribution in [1.82, 2.24) is 5.32 Å². The average Bonchev–Trinajstić information content (AvgIpc) is 2.45. The Morgan fingerprint density at radius 1 is 1.35 bits per heavy atom. The maximum absolute atomic E-state index is 5.43. The molecule has 110 valence electrons. The highest BCUT2D eigenvalue weighted by Gasteiger charge is 2.57. The topological polar surface area (TPSA) is 21.3 Å². The third kappa shape index (κ3) is 1.96. The quantitative estimate of drug-likeness (QED) is 0.902. The molecular formula is C18H27NO. The van der Waals surface area contributed by atoms with Crippen LogP contribution in [0, 0.1) is 11.3 Å². The normalized spacial score (nSPS) is 30.1. The molecule has 2 aliphatic rings. The van der Waals surface area contributed by atoms with Gasteiger partial charge in [0, 0.05) is 6.04 Å². The van der Waals surface area contributed by atoms with E-state index in [0.717, 1.165) is 18.2 Å². The van der Waals surface area contributed by atoms with Crippen LogP contribution in [-0.4, -0.2) is 19.7 Å². The largest absolute Gasteiger partial charge is 0.497 e. The molecule has 1 aromatic carbocycles. The molecule has 1 fully saturated rings. The van der Waals surface area contributed by atoms with Gasteiger partial charge in [-0.2, -0.15) is 0 Å². The summed E-state index contributed by atoms with van der Waals surface area (Å²) in [5.74, 6) is 2.50. The SMILES string of the molecule is CCCNC1C2CCc3ccc(OC)cc3C2C1(C)C. The van der Waals surface area contributed by atoms with E-state index in [2.05, 4.69) is 44.3 Å². The Hall–Kier alpha value is -1.02. The number of ether oxygens (including phenoxy) is 1. The number of aryl methyl sites for hydroxylation is 1. The summed E-state index contributed by atoms with van der Waals surface area (Å²) in [5.41, 5.74) is 3.43. The van der Waals surface area contributed by atoms with Crippen molar-refractivity contribution in [2.45, 2.75) is 52.0 Å². The van der Waals surface area contributed by atoms with Gasteiger partial charge in [0.05, 0.1) is 7.11 Å². The molecule has 3 unspecified atom stereocenters. The standard InChI is InChI=1S/C18H27NO/c1-5-10-19-17-14-9-7-12-6-8-13(20-4)11-15(12)16(14)18(17,2)3/h6,8,11,14,16-17,19H,5,7,9-10H2,1-4H3. The summed E-state index contributed by atoms with van der Waals surface area (Å²) < 4.78 is 5.43. The van der Waals surface area contributed by atoms with Gasteiger partial charge < -0.3 is 10.1 Å². The van der Waals surface area contributed by atoms with Crippen LogP contribution < -0.4 is 10.1 Å². The lowest BCUT2D eigenvalue weighted by molar-refractivity contribution is -0.0216. The van der Waals surface area contributed by atoms with E-state index in [4.69, 9.17) is 4.74 Å². The van der Waals surface area contributed by atoms with E-state index >= 15 is 0 Å². The van der Waals surface area contributed by atoms with Gasteiger partial charge in [-0.15, -0.1) is 0 Å². The maximum atomic E-state index is 5.43. The van der Waals surface area contributed by atoms with Crippen LogP contribution in [-0.2, 0) is 6.42 Å². The molecule has 2 heteroatoms. The summed E-state index contributed by atoms with van der Waals surface area (Å²) in [4.78, 5) is 0. The van der Waals surface area contributed by atoms with Gasteiger partial charge in [0.15, 0.2) is 0 Å². The minimum atomic E-state index is 0.349. The highest BCUT2D eigenvalue weighted by molar-refractivity contribution is 5.44. The van der Waals surface area contributed by atoms with Crippen molar-refractivity contribution >= 4 is 0 Å². The zero-order chi connectivity index (χ0) is 14.3. The Kier molecular flexibility index (Phi) is 3.53. The maximum Gasteiger partial charge on any atom is 0.119 e. The van der Waals surface area contributed by atoms with Gasteiger partial charge in [-0.3, -0.25) is 0 Å². The summed E-state index contributed by atoms with van der Waals surface area (Å²) in [6, 6.07) is 7.33. The minimum Gasteiger partial charge on any atom is -0.497 e. The lowest BCUT2D eigenvalue weighted by Crippen LogP contribution is -2.63. The van der Waals surface area contributed by atoms with Crippen LogP contribution in [0.15, 0.2) is 18.2 Å². The zero-order valence-electron chi connectivity index (χ0n) is 13.2. The van der Waals surface area contributed by atoms with E-state index in [1.165, 1.54) is 24.8 Å². The molecular weight excluding hydrogens is 246 g/mol. The molecule has 3 rings (SSSR count). The lowest BCUT2D eigenvalue weighted by Gasteiger charge is -2.61. The summed E-state index contributed by atoms with van der Waals surface area (Å²) in [5, 5.41) is 3.79. The van der Waals surface area contributed by atoms with Crippen LogP contribution in [0.2, 0.25) is 0 Å².